The van der Waals surface area contributed by atoms with Crippen molar-refractivity contribution in [3.05, 3.63) is 78.4 Å². The minimum Gasteiger partial charge on any atom is -0.322 e. The highest BCUT2D eigenvalue weighted by Crippen LogP contribution is 2.30. The van der Waals surface area contributed by atoms with E-state index in [0.717, 1.165) is 27.0 Å². The molecule has 3 aromatic carbocycles. The topological polar surface area (TPSA) is 76.1 Å². The second-order valence-corrected chi connectivity index (χ2v) is 9.36. The number of thiazole rings is 1. The van der Waals surface area contributed by atoms with E-state index < -0.39 is 9.84 Å². The smallest absolute Gasteiger partial charge is 0.255 e. The van der Waals surface area contributed by atoms with Crippen LogP contribution in [0.25, 0.3) is 20.8 Å². The summed E-state index contributed by atoms with van der Waals surface area (Å²) < 4.78 is 24.1. The fourth-order valence-electron chi connectivity index (χ4n) is 2.75. The van der Waals surface area contributed by atoms with Crippen molar-refractivity contribution < 1.29 is 13.2 Å². The lowest BCUT2D eigenvalue weighted by Crippen LogP contribution is -2.12. The normalized spacial score (nSPS) is 11.5. The number of rotatable bonds is 4. The molecule has 0 aliphatic carbocycles. The Hall–Kier alpha value is -3.03. The van der Waals surface area contributed by atoms with Gasteiger partial charge in [0.2, 0.25) is 0 Å². The van der Waals surface area contributed by atoms with Gasteiger partial charge < -0.3 is 5.32 Å². The van der Waals surface area contributed by atoms with Gasteiger partial charge in [-0.3, -0.25) is 4.79 Å². The van der Waals surface area contributed by atoms with E-state index in [0.29, 0.717) is 11.3 Å². The Balaban J connectivity index is 1.50. The van der Waals surface area contributed by atoms with Gasteiger partial charge in [0.15, 0.2) is 9.84 Å². The van der Waals surface area contributed by atoms with Crippen LogP contribution < -0.4 is 5.32 Å². The number of benzene rings is 3. The molecule has 5 nitrogen and oxygen atoms in total. The van der Waals surface area contributed by atoms with Crippen molar-refractivity contribution >= 4 is 43.0 Å². The number of amides is 1. The molecule has 0 fully saturated rings. The summed E-state index contributed by atoms with van der Waals surface area (Å²) in [6.45, 7) is 0. The van der Waals surface area contributed by atoms with Crippen molar-refractivity contribution in [1.29, 1.82) is 0 Å². The highest BCUT2D eigenvalue weighted by Gasteiger charge is 2.11. The van der Waals surface area contributed by atoms with Crippen LogP contribution in [-0.4, -0.2) is 25.6 Å². The van der Waals surface area contributed by atoms with Gasteiger partial charge in [0.1, 0.15) is 5.01 Å². The Labute approximate surface area is 166 Å². The monoisotopic (exact) mass is 408 g/mol. The maximum absolute atomic E-state index is 12.4. The molecule has 1 amide bonds. The van der Waals surface area contributed by atoms with Crippen LogP contribution >= 0.6 is 11.3 Å². The van der Waals surface area contributed by atoms with Crippen LogP contribution in [0.2, 0.25) is 0 Å². The zero-order chi connectivity index (χ0) is 19.7. The molecule has 0 radical (unpaired) electrons. The molecule has 0 saturated carbocycles. The Morgan fingerprint density at radius 1 is 0.929 bits per heavy atom. The van der Waals surface area contributed by atoms with Gasteiger partial charge in [-0.25, -0.2) is 13.4 Å². The molecule has 0 aliphatic heterocycles. The molecule has 1 N–H and O–H groups in total. The van der Waals surface area contributed by atoms with Gasteiger partial charge in [0.25, 0.3) is 5.91 Å². The quantitative estimate of drug-likeness (QED) is 0.535. The highest BCUT2D eigenvalue weighted by atomic mass is 32.2. The molecule has 1 aromatic heterocycles. The van der Waals surface area contributed by atoms with Gasteiger partial charge >= 0.3 is 0 Å². The SMILES string of the molecule is CS(=O)(=O)c1ccc(C(=O)Nc2ccc(-c3nc4ccccc4s3)cc2)cc1. The second kappa shape index (κ2) is 7.18. The molecular weight excluding hydrogens is 392 g/mol. The van der Waals surface area contributed by atoms with Crippen molar-refractivity contribution in [2.75, 3.05) is 11.6 Å². The molecule has 1 heterocycles. The molecule has 4 aromatic rings. The predicted molar refractivity (Wildman–Crippen MR) is 113 cm³/mol. The number of anilines is 1. The summed E-state index contributed by atoms with van der Waals surface area (Å²) in [6, 6.07) is 21.3. The van der Waals surface area contributed by atoms with Crippen molar-refractivity contribution in [3.8, 4) is 10.6 Å². The first-order valence-corrected chi connectivity index (χ1v) is 11.2. The third-order valence-electron chi connectivity index (χ3n) is 4.23. The Morgan fingerprint density at radius 3 is 2.25 bits per heavy atom. The largest absolute Gasteiger partial charge is 0.322 e. The van der Waals surface area contributed by atoms with Gasteiger partial charge in [0.05, 0.1) is 15.1 Å². The lowest BCUT2D eigenvalue weighted by atomic mass is 10.2. The second-order valence-electron chi connectivity index (χ2n) is 6.31. The van der Waals surface area contributed by atoms with Gasteiger partial charge in [-0.05, 0) is 60.7 Å². The number of carbonyl (C=O) groups is 1. The maximum atomic E-state index is 12.4. The summed E-state index contributed by atoms with van der Waals surface area (Å²) in [5.41, 5.74) is 3.00. The number of fused-ring (bicyclic) bond motifs is 1. The number of carbonyl (C=O) groups excluding carboxylic acids is 1. The van der Waals surface area contributed by atoms with Crippen molar-refractivity contribution in [2.45, 2.75) is 4.90 Å². The molecular formula is C21H16N2O3S2. The van der Waals surface area contributed by atoms with E-state index in [4.69, 9.17) is 0 Å². The number of nitrogens with one attached hydrogen (secondary N) is 1. The standard InChI is InChI=1S/C21H16N2O3S2/c1-28(25,26)17-12-8-14(9-13-17)20(24)22-16-10-6-15(7-11-16)21-23-18-4-2-3-5-19(18)27-21/h2-13H,1H3,(H,22,24). The first-order valence-electron chi connectivity index (χ1n) is 8.48. The number of sulfone groups is 1. The molecule has 7 heteroatoms. The van der Waals surface area contributed by atoms with Crippen LogP contribution in [0.1, 0.15) is 10.4 Å². The van der Waals surface area contributed by atoms with Crippen LogP contribution in [0.5, 0.6) is 0 Å². The molecule has 0 spiro atoms. The molecule has 28 heavy (non-hydrogen) atoms. The average Bonchev–Trinajstić information content (AvgIpc) is 3.12. The third kappa shape index (κ3) is 3.81. The lowest BCUT2D eigenvalue weighted by Gasteiger charge is -2.06. The fourth-order valence-corrected chi connectivity index (χ4v) is 4.35. The average molecular weight is 409 g/mol. The Bertz CT molecular complexity index is 1230. The van der Waals surface area contributed by atoms with E-state index in [2.05, 4.69) is 10.3 Å². The zero-order valence-electron chi connectivity index (χ0n) is 14.9. The lowest BCUT2D eigenvalue weighted by molar-refractivity contribution is 0.102. The first-order chi connectivity index (χ1) is 13.4. The van der Waals surface area contributed by atoms with Crippen LogP contribution in [0.4, 0.5) is 5.69 Å². The van der Waals surface area contributed by atoms with E-state index in [-0.39, 0.29) is 10.8 Å². The zero-order valence-corrected chi connectivity index (χ0v) is 16.5. The molecule has 0 unspecified atom stereocenters. The maximum Gasteiger partial charge on any atom is 0.255 e. The number of hydrogen-bond donors (Lipinski definition) is 1. The van der Waals surface area contributed by atoms with Gasteiger partial charge in [-0.2, -0.15) is 0 Å². The molecule has 0 atom stereocenters. The Morgan fingerprint density at radius 2 is 1.61 bits per heavy atom. The van der Waals surface area contributed by atoms with Crippen LogP contribution in [0.3, 0.4) is 0 Å². The van der Waals surface area contributed by atoms with E-state index in [1.54, 1.807) is 11.3 Å². The summed E-state index contributed by atoms with van der Waals surface area (Å²) in [4.78, 5) is 17.2. The van der Waals surface area contributed by atoms with Crippen molar-refractivity contribution in [2.24, 2.45) is 0 Å². The highest BCUT2D eigenvalue weighted by molar-refractivity contribution is 7.90. The number of nitrogens with zero attached hydrogens (tertiary/aromatic N) is 1. The van der Waals surface area contributed by atoms with Crippen LogP contribution in [-0.2, 0) is 9.84 Å². The number of para-hydroxylation sites is 1. The molecule has 140 valence electrons. The van der Waals surface area contributed by atoms with Crippen molar-refractivity contribution in [3.63, 3.8) is 0 Å². The van der Waals surface area contributed by atoms with Gasteiger partial charge in [0, 0.05) is 23.1 Å². The molecule has 0 saturated heterocycles. The summed E-state index contributed by atoms with van der Waals surface area (Å²) >= 11 is 1.62. The predicted octanol–water partition coefficient (Wildman–Crippen LogP) is 4.62. The Kier molecular flexibility index (Phi) is 4.70. The summed E-state index contributed by atoms with van der Waals surface area (Å²) in [5, 5.41) is 3.74. The van der Waals surface area contributed by atoms with E-state index in [1.807, 2.05) is 48.5 Å². The van der Waals surface area contributed by atoms with E-state index in [9.17, 15) is 13.2 Å². The van der Waals surface area contributed by atoms with Crippen LogP contribution in [0.15, 0.2) is 77.7 Å². The van der Waals surface area contributed by atoms with E-state index >= 15 is 0 Å². The first kappa shape index (κ1) is 18.3. The number of hydrogen-bond acceptors (Lipinski definition) is 5. The number of aromatic nitrogens is 1. The van der Waals surface area contributed by atoms with E-state index in [1.165, 1.54) is 24.3 Å². The molecule has 4 rings (SSSR count). The fraction of sp³-hybridized carbons (Fsp3) is 0.0476. The van der Waals surface area contributed by atoms with Gasteiger partial charge in [-0.1, -0.05) is 12.1 Å². The van der Waals surface area contributed by atoms with Crippen molar-refractivity contribution in [1.82, 2.24) is 4.98 Å². The minimum atomic E-state index is -3.28. The summed E-state index contributed by atoms with van der Waals surface area (Å²) in [7, 11) is -3.28. The minimum absolute atomic E-state index is 0.184. The third-order valence-corrected chi connectivity index (χ3v) is 6.44. The molecule has 0 aliphatic rings. The van der Waals surface area contributed by atoms with Gasteiger partial charge in [-0.15, -0.1) is 11.3 Å². The summed E-state index contributed by atoms with van der Waals surface area (Å²) in [5.74, 6) is -0.298. The molecule has 0 bridgehead atoms. The summed E-state index contributed by atoms with van der Waals surface area (Å²) in [6.07, 6.45) is 1.13. The van der Waals surface area contributed by atoms with Crippen LogP contribution in [0, 0.1) is 0 Å².